The van der Waals surface area contributed by atoms with E-state index in [0.29, 0.717) is 13.2 Å². The Morgan fingerprint density at radius 3 is 2.25 bits per heavy atom. The van der Waals surface area contributed by atoms with Crippen LogP contribution in [0.25, 0.3) is 0 Å². The lowest BCUT2D eigenvalue weighted by Gasteiger charge is -2.21. The second-order valence-electron chi connectivity index (χ2n) is 1.78. The van der Waals surface area contributed by atoms with Crippen molar-refractivity contribution in [3.05, 3.63) is 0 Å². The first-order valence-electron chi connectivity index (χ1n) is 2.63. The van der Waals surface area contributed by atoms with Gasteiger partial charge in [-0.1, -0.05) is 0 Å². The molecular formula is C4H12BN3. The van der Waals surface area contributed by atoms with Gasteiger partial charge in [0.15, 0.2) is 7.98 Å². The summed E-state index contributed by atoms with van der Waals surface area (Å²) in [5.74, 6) is 0. The highest BCUT2D eigenvalue weighted by Crippen LogP contribution is 1.85. The Morgan fingerprint density at radius 1 is 1.62 bits per heavy atom. The van der Waals surface area contributed by atoms with Crippen LogP contribution >= 0.6 is 0 Å². The zero-order valence-corrected chi connectivity index (χ0v) is 5.17. The van der Waals surface area contributed by atoms with E-state index in [1.54, 1.807) is 0 Å². The van der Waals surface area contributed by atoms with E-state index < -0.39 is 0 Å². The number of rotatable bonds is 3. The van der Waals surface area contributed by atoms with Gasteiger partial charge < -0.3 is 16.3 Å². The first kappa shape index (κ1) is 7.94. The summed E-state index contributed by atoms with van der Waals surface area (Å²) < 4.78 is 0. The molecular weight excluding hydrogens is 101 g/mol. The van der Waals surface area contributed by atoms with Crippen molar-refractivity contribution in [3.8, 4) is 0 Å². The molecule has 0 aliphatic rings. The molecule has 3 nitrogen and oxygen atoms in total. The minimum Gasteiger partial charge on any atom is -0.339 e. The molecule has 46 valence electrons. The van der Waals surface area contributed by atoms with Crippen LogP contribution in [0, 0.1) is 0 Å². The molecule has 0 aliphatic carbocycles. The highest BCUT2D eigenvalue weighted by Gasteiger charge is 2.01. The highest BCUT2D eigenvalue weighted by molar-refractivity contribution is 6.04. The third-order valence-electron chi connectivity index (χ3n) is 1.12. The van der Waals surface area contributed by atoms with Gasteiger partial charge in [0.25, 0.3) is 0 Å². The molecule has 0 rings (SSSR count). The van der Waals surface area contributed by atoms with Gasteiger partial charge in [0.05, 0.1) is 0 Å². The maximum absolute atomic E-state index is 5.36. The van der Waals surface area contributed by atoms with Crippen molar-refractivity contribution >= 4 is 7.98 Å². The minimum absolute atomic E-state index is 0.181. The third kappa shape index (κ3) is 2.30. The third-order valence-corrected chi connectivity index (χ3v) is 1.12. The van der Waals surface area contributed by atoms with Gasteiger partial charge in [0.1, 0.15) is 0 Å². The maximum atomic E-state index is 5.36. The zero-order valence-electron chi connectivity index (χ0n) is 5.17. The van der Waals surface area contributed by atoms with Crippen molar-refractivity contribution in [3.63, 3.8) is 0 Å². The zero-order chi connectivity index (χ0) is 6.57. The fourth-order valence-electron chi connectivity index (χ4n) is 0.315. The molecule has 1 unspecified atom stereocenters. The Bertz CT molecular complexity index is 51.2. The number of nitrogens with two attached hydrogens (primary N) is 2. The van der Waals surface area contributed by atoms with Crippen molar-refractivity contribution in [1.82, 2.24) is 4.81 Å². The van der Waals surface area contributed by atoms with Crippen molar-refractivity contribution in [2.24, 2.45) is 11.5 Å². The molecule has 0 saturated carbocycles. The van der Waals surface area contributed by atoms with Crippen LogP contribution in [0.1, 0.15) is 6.92 Å². The van der Waals surface area contributed by atoms with E-state index in [-0.39, 0.29) is 6.04 Å². The molecule has 0 spiro atoms. The standard InChI is InChI=1S/C4H12BN3/c1-4(2-6)8(5)3-7/h4H,2-3,6-7H2,1H3. The van der Waals surface area contributed by atoms with Crippen LogP contribution in [0.3, 0.4) is 0 Å². The predicted octanol–water partition coefficient (Wildman–Crippen LogP) is -1.36. The fourth-order valence-corrected chi connectivity index (χ4v) is 0.315. The topological polar surface area (TPSA) is 55.3 Å². The molecule has 4 N–H and O–H groups in total. The number of nitrogens with zero attached hydrogens (tertiary/aromatic N) is 1. The van der Waals surface area contributed by atoms with Crippen LogP contribution in [-0.2, 0) is 0 Å². The van der Waals surface area contributed by atoms with Gasteiger partial charge >= 0.3 is 0 Å². The predicted molar refractivity (Wildman–Crippen MR) is 35.2 cm³/mol. The van der Waals surface area contributed by atoms with E-state index in [2.05, 4.69) is 0 Å². The highest BCUT2D eigenvalue weighted by atomic mass is 15.1. The molecule has 4 heteroatoms. The molecule has 0 aromatic heterocycles. The molecule has 0 aromatic carbocycles. The monoisotopic (exact) mass is 113 g/mol. The first-order chi connectivity index (χ1) is 3.72. The summed E-state index contributed by atoms with van der Waals surface area (Å²) in [5.41, 5.74) is 10.5. The van der Waals surface area contributed by atoms with Crippen LogP contribution in [0.2, 0.25) is 0 Å². The van der Waals surface area contributed by atoms with Gasteiger partial charge in [-0.25, -0.2) is 0 Å². The van der Waals surface area contributed by atoms with Gasteiger partial charge in [0, 0.05) is 19.3 Å². The van der Waals surface area contributed by atoms with Gasteiger partial charge in [-0.3, -0.25) is 0 Å². The first-order valence-corrected chi connectivity index (χ1v) is 2.63. The van der Waals surface area contributed by atoms with E-state index >= 15 is 0 Å². The van der Waals surface area contributed by atoms with E-state index in [4.69, 9.17) is 19.4 Å². The van der Waals surface area contributed by atoms with Crippen LogP contribution in [0.15, 0.2) is 0 Å². The van der Waals surface area contributed by atoms with E-state index in [1.165, 1.54) is 4.81 Å². The molecule has 1 atom stereocenters. The minimum atomic E-state index is 0.181. The summed E-state index contributed by atoms with van der Waals surface area (Å²) in [4.78, 5) is 1.50. The average Bonchev–Trinajstić information content (AvgIpc) is 1.84. The van der Waals surface area contributed by atoms with Crippen molar-refractivity contribution in [2.45, 2.75) is 13.0 Å². The molecule has 0 saturated heterocycles. The molecule has 0 bridgehead atoms. The summed E-state index contributed by atoms with van der Waals surface area (Å²) in [5, 5.41) is 0. The second-order valence-corrected chi connectivity index (χ2v) is 1.78. The molecule has 0 aromatic rings. The molecule has 8 heavy (non-hydrogen) atoms. The van der Waals surface area contributed by atoms with E-state index in [9.17, 15) is 0 Å². The lowest BCUT2D eigenvalue weighted by atomic mass is 10.2. The molecule has 0 heterocycles. The van der Waals surface area contributed by atoms with Crippen molar-refractivity contribution in [1.29, 1.82) is 0 Å². The lowest BCUT2D eigenvalue weighted by Crippen LogP contribution is -2.39. The summed E-state index contributed by atoms with van der Waals surface area (Å²) in [6.07, 6.45) is 0. The lowest BCUT2D eigenvalue weighted by molar-refractivity contribution is 0.373. The SMILES string of the molecule is [B]N(CN)C(C)CN. The second kappa shape index (κ2) is 3.89. The Labute approximate surface area is 51.4 Å². The van der Waals surface area contributed by atoms with Crippen molar-refractivity contribution in [2.75, 3.05) is 13.2 Å². The Kier molecular flexibility index (Phi) is 3.86. The van der Waals surface area contributed by atoms with Crippen LogP contribution in [-0.4, -0.2) is 32.0 Å². The number of hydrogen-bond acceptors (Lipinski definition) is 3. The van der Waals surface area contributed by atoms with E-state index in [0.717, 1.165) is 0 Å². The molecule has 0 amide bonds. The van der Waals surface area contributed by atoms with Gasteiger partial charge in [-0.15, -0.1) is 0 Å². The molecule has 0 fully saturated rings. The van der Waals surface area contributed by atoms with Crippen molar-refractivity contribution < 1.29 is 0 Å². The van der Waals surface area contributed by atoms with Crippen LogP contribution < -0.4 is 11.5 Å². The summed E-state index contributed by atoms with van der Waals surface area (Å²) in [6, 6.07) is 0.181. The Hall–Kier alpha value is -0.0551. The normalized spacial score (nSPS) is 14.5. The summed E-state index contributed by atoms with van der Waals surface area (Å²) >= 11 is 0. The van der Waals surface area contributed by atoms with Crippen LogP contribution in [0.4, 0.5) is 0 Å². The smallest absolute Gasteiger partial charge is 0.184 e. The van der Waals surface area contributed by atoms with Gasteiger partial charge in [0.2, 0.25) is 0 Å². The fraction of sp³-hybridized carbons (Fsp3) is 1.00. The molecule has 2 radical (unpaired) electrons. The largest absolute Gasteiger partial charge is 0.339 e. The Balaban J connectivity index is 3.29. The quantitative estimate of drug-likeness (QED) is 0.351. The van der Waals surface area contributed by atoms with Gasteiger partial charge in [-0.05, 0) is 6.92 Å². The molecule has 0 aliphatic heterocycles. The summed E-state index contributed by atoms with van der Waals surface area (Å²) in [6.45, 7) is 2.83. The Morgan fingerprint density at radius 2 is 2.12 bits per heavy atom. The van der Waals surface area contributed by atoms with Crippen LogP contribution in [0.5, 0.6) is 0 Å². The van der Waals surface area contributed by atoms with Gasteiger partial charge in [-0.2, -0.15) is 0 Å². The summed E-state index contributed by atoms with van der Waals surface area (Å²) in [7, 11) is 5.36. The van der Waals surface area contributed by atoms with E-state index in [1.807, 2.05) is 6.92 Å². The average molecular weight is 113 g/mol. The maximum Gasteiger partial charge on any atom is 0.184 e. The number of hydrogen-bond donors (Lipinski definition) is 2.